The van der Waals surface area contributed by atoms with E-state index in [1.54, 1.807) is 7.11 Å². The molecule has 0 aliphatic rings. The van der Waals surface area contributed by atoms with E-state index in [1.807, 2.05) is 31.5 Å². The standard InChI is InChI=1S/C15H19N3O/c1-5-16-15-17-8-12(9-18-15)13-6-7-14(19-4)11(3)10(13)2/h6-9H,5H2,1-4H3,(H,16,17,18). The molecule has 0 saturated heterocycles. The van der Waals surface area contributed by atoms with Crippen molar-refractivity contribution in [3.05, 3.63) is 35.7 Å². The highest BCUT2D eigenvalue weighted by atomic mass is 16.5. The Morgan fingerprint density at radius 1 is 1.11 bits per heavy atom. The third-order valence-corrected chi connectivity index (χ3v) is 3.26. The van der Waals surface area contributed by atoms with Gasteiger partial charge >= 0.3 is 0 Å². The van der Waals surface area contributed by atoms with E-state index in [9.17, 15) is 0 Å². The van der Waals surface area contributed by atoms with Gasteiger partial charge in [-0.1, -0.05) is 6.07 Å². The summed E-state index contributed by atoms with van der Waals surface area (Å²) < 4.78 is 5.33. The average Bonchev–Trinajstić information content (AvgIpc) is 2.43. The number of nitrogens with zero attached hydrogens (tertiary/aromatic N) is 2. The van der Waals surface area contributed by atoms with Gasteiger partial charge in [0.25, 0.3) is 0 Å². The molecule has 1 aromatic carbocycles. The number of hydrogen-bond acceptors (Lipinski definition) is 4. The molecule has 0 radical (unpaired) electrons. The monoisotopic (exact) mass is 257 g/mol. The molecule has 0 aliphatic carbocycles. The summed E-state index contributed by atoms with van der Waals surface area (Å²) in [6, 6.07) is 4.03. The summed E-state index contributed by atoms with van der Waals surface area (Å²) in [5.41, 5.74) is 4.50. The Labute approximate surface area is 113 Å². The highest BCUT2D eigenvalue weighted by Crippen LogP contribution is 2.30. The highest BCUT2D eigenvalue weighted by molar-refractivity contribution is 5.69. The number of benzene rings is 1. The van der Waals surface area contributed by atoms with Crippen LogP contribution in [0.25, 0.3) is 11.1 Å². The maximum atomic E-state index is 5.33. The topological polar surface area (TPSA) is 47.0 Å². The van der Waals surface area contributed by atoms with Crippen molar-refractivity contribution >= 4 is 5.95 Å². The Hall–Kier alpha value is -2.10. The van der Waals surface area contributed by atoms with Crippen molar-refractivity contribution in [3.63, 3.8) is 0 Å². The van der Waals surface area contributed by atoms with Crippen LogP contribution < -0.4 is 10.1 Å². The number of nitrogens with one attached hydrogen (secondary N) is 1. The fraction of sp³-hybridized carbons (Fsp3) is 0.333. The molecule has 1 aromatic heterocycles. The lowest BCUT2D eigenvalue weighted by molar-refractivity contribution is 0.411. The molecular formula is C15H19N3O. The Kier molecular flexibility index (Phi) is 4.00. The summed E-state index contributed by atoms with van der Waals surface area (Å²) in [4.78, 5) is 8.61. The van der Waals surface area contributed by atoms with Crippen molar-refractivity contribution in [1.82, 2.24) is 9.97 Å². The van der Waals surface area contributed by atoms with Gasteiger partial charge in [-0.3, -0.25) is 0 Å². The van der Waals surface area contributed by atoms with Crippen molar-refractivity contribution < 1.29 is 4.74 Å². The molecule has 4 heteroatoms. The van der Waals surface area contributed by atoms with Gasteiger partial charge in [-0.2, -0.15) is 0 Å². The van der Waals surface area contributed by atoms with E-state index in [-0.39, 0.29) is 0 Å². The first-order chi connectivity index (χ1) is 9.17. The van der Waals surface area contributed by atoms with Crippen molar-refractivity contribution in [2.75, 3.05) is 19.0 Å². The zero-order valence-corrected chi connectivity index (χ0v) is 11.8. The fourth-order valence-corrected chi connectivity index (χ4v) is 2.05. The normalized spacial score (nSPS) is 10.3. The van der Waals surface area contributed by atoms with Gasteiger partial charge in [-0.15, -0.1) is 0 Å². The summed E-state index contributed by atoms with van der Waals surface area (Å²) in [5, 5.41) is 3.09. The van der Waals surface area contributed by atoms with E-state index in [0.29, 0.717) is 5.95 Å². The molecule has 0 saturated carbocycles. The largest absolute Gasteiger partial charge is 0.496 e. The zero-order valence-electron chi connectivity index (χ0n) is 11.8. The smallest absolute Gasteiger partial charge is 0.222 e. The summed E-state index contributed by atoms with van der Waals surface area (Å²) in [6.45, 7) is 6.99. The fourth-order valence-electron chi connectivity index (χ4n) is 2.05. The quantitative estimate of drug-likeness (QED) is 0.913. The highest BCUT2D eigenvalue weighted by Gasteiger charge is 2.09. The van der Waals surface area contributed by atoms with Crippen LogP contribution in [-0.2, 0) is 0 Å². The van der Waals surface area contributed by atoms with Crippen LogP contribution in [-0.4, -0.2) is 23.6 Å². The van der Waals surface area contributed by atoms with Crippen molar-refractivity contribution in [2.45, 2.75) is 20.8 Å². The van der Waals surface area contributed by atoms with E-state index in [0.717, 1.165) is 29.0 Å². The van der Waals surface area contributed by atoms with Crippen LogP contribution in [0.4, 0.5) is 5.95 Å². The van der Waals surface area contributed by atoms with Gasteiger partial charge in [0.1, 0.15) is 5.75 Å². The number of aromatic nitrogens is 2. The zero-order chi connectivity index (χ0) is 13.8. The lowest BCUT2D eigenvalue weighted by atomic mass is 9.98. The number of hydrogen-bond donors (Lipinski definition) is 1. The van der Waals surface area contributed by atoms with Gasteiger partial charge in [0.05, 0.1) is 7.11 Å². The van der Waals surface area contributed by atoms with E-state index in [1.165, 1.54) is 5.56 Å². The second kappa shape index (κ2) is 5.69. The predicted molar refractivity (Wildman–Crippen MR) is 77.7 cm³/mol. The van der Waals surface area contributed by atoms with Gasteiger partial charge in [-0.25, -0.2) is 9.97 Å². The molecule has 0 unspecified atom stereocenters. The second-order valence-electron chi connectivity index (χ2n) is 4.39. The molecule has 0 atom stereocenters. The molecule has 1 heterocycles. The molecule has 2 aromatic rings. The van der Waals surface area contributed by atoms with Gasteiger partial charge in [0, 0.05) is 24.5 Å². The minimum atomic E-state index is 0.661. The molecular weight excluding hydrogens is 238 g/mol. The van der Waals surface area contributed by atoms with Gasteiger partial charge in [-0.05, 0) is 43.5 Å². The van der Waals surface area contributed by atoms with Gasteiger partial charge < -0.3 is 10.1 Å². The first-order valence-corrected chi connectivity index (χ1v) is 6.37. The molecule has 0 fully saturated rings. The van der Waals surface area contributed by atoms with E-state index >= 15 is 0 Å². The van der Waals surface area contributed by atoms with Crippen LogP contribution in [0.5, 0.6) is 5.75 Å². The van der Waals surface area contributed by atoms with Crippen LogP contribution in [0, 0.1) is 13.8 Å². The third kappa shape index (κ3) is 2.67. The number of methoxy groups -OCH3 is 1. The van der Waals surface area contributed by atoms with Crippen LogP contribution in [0.2, 0.25) is 0 Å². The third-order valence-electron chi connectivity index (χ3n) is 3.26. The molecule has 0 bridgehead atoms. The van der Waals surface area contributed by atoms with Crippen LogP contribution >= 0.6 is 0 Å². The summed E-state index contributed by atoms with van der Waals surface area (Å²) in [5.74, 6) is 1.57. The molecule has 4 nitrogen and oxygen atoms in total. The Balaban J connectivity index is 2.39. The molecule has 0 aliphatic heterocycles. The minimum absolute atomic E-state index is 0.661. The molecule has 19 heavy (non-hydrogen) atoms. The number of rotatable bonds is 4. The van der Waals surface area contributed by atoms with E-state index < -0.39 is 0 Å². The summed E-state index contributed by atoms with van der Waals surface area (Å²) >= 11 is 0. The lowest BCUT2D eigenvalue weighted by Gasteiger charge is -2.12. The Morgan fingerprint density at radius 3 is 2.37 bits per heavy atom. The summed E-state index contributed by atoms with van der Waals surface area (Å²) in [7, 11) is 1.69. The average molecular weight is 257 g/mol. The predicted octanol–water partition coefficient (Wildman–Crippen LogP) is 3.20. The van der Waals surface area contributed by atoms with Crippen LogP contribution in [0.3, 0.4) is 0 Å². The number of anilines is 1. The Morgan fingerprint density at radius 2 is 1.79 bits per heavy atom. The van der Waals surface area contributed by atoms with Gasteiger partial charge in [0.15, 0.2) is 0 Å². The molecule has 1 N–H and O–H groups in total. The number of ether oxygens (including phenoxy) is 1. The molecule has 0 amide bonds. The Bertz CT molecular complexity index is 564. The maximum Gasteiger partial charge on any atom is 0.222 e. The minimum Gasteiger partial charge on any atom is -0.496 e. The SMILES string of the molecule is CCNc1ncc(-c2ccc(OC)c(C)c2C)cn1. The summed E-state index contributed by atoms with van der Waals surface area (Å²) in [6.07, 6.45) is 3.69. The maximum absolute atomic E-state index is 5.33. The molecule has 0 spiro atoms. The van der Waals surface area contributed by atoms with Crippen LogP contribution in [0.1, 0.15) is 18.1 Å². The van der Waals surface area contributed by atoms with Crippen molar-refractivity contribution in [3.8, 4) is 16.9 Å². The van der Waals surface area contributed by atoms with Crippen molar-refractivity contribution in [2.24, 2.45) is 0 Å². The first-order valence-electron chi connectivity index (χ1n) is 6.37. The van der Waals surface area contributed by atoms with Crippen LogP contribution in [0.15, 0.2) is 24.5 Å². The second-order valence-corrected chi connectivity index (χ2v) is 4.39. The van der Waals surface area contributed by atoms with Crippen molar-refractivity contribution in [1.29, 1.82) is 0 Å². The van der Waals surface area contributed by atoms with Gasteiger partial charge in [0.2, 0.25) is 5.95 Å². The van der Waals surface area contributed by atoms with E-state index in [4.69, 9.17) is 4.74 Å². The molecule has 2 rings (SSSR count). The van der Waals surface area contributed by atoms with E-state index in [2.05, 4.69) is 29.1 Å². The molecule has 100 valence electrons. The first kappa shape index (κ1) is 13.3. The lowest BCUT2D eigenvalue weighted by Crippen LogP contribution is -2.01.